The van der Waals surface area contributed by atoms with Gasteiger partial charge in [0.25, 0.3) is 0 Å². The van der Waals surface area contributed by atoms with Crippen LogP contribution in [0.15, 0.2) is 48.5 Å². The molecule has 0 fully saturated rings. The summed E-state index contributed by atoms with van der Waals surface area (Å²) in [6.45, 7) is 5.35. The van der Waals surface area contributed by atoms with Crippen LogP contribution in [0.1, 0.15) is 40.7 Å². The number of ether oxygens (including phenoxy) is 2. The van der Waals surface area contributed by atoms with Gasteiger partial charge in [0, 0.05) is 23.7 Å². The Hall–Kier alpha value is -3.48. The molecule has 0 bridgehead atoms. The van der Waals surface area contributed by atoms with Crippen molar-refractivity contribution in [3.05, 3.63) is 76.9 Å². The van der Waals surface area contributed by atoms with E-state index in [0.29, 0.717) is 12.0 Å². The lowest BCUT2D eigenvalue weighted by molar-refractivity contribution is -0.146. The summed E-state index contributed by atoms with van der Waals surface area (Å²) in [7, 11) is 1.61. The van der Waals surface area contributed by atoms with Crippen LogP contribution < -0.4 is 4.74 Å². The number of aryl methyl sites for hydroxylation is 1. The maximum atomic E-state index is 13.0. The number of carbonyl (C=O) groups excluding carboxylic acids is 2. The highest BCUT2D eigenvalue weighted by molar-refractivity contribution is 6.00. The predicted octanol–water partition coefficient (Wildman–Crippen LogP) is 4.38. The number of nitrogens with zero attached hydrogens (tertiary/aromatic N) is 2. The Labute approximate surface area is 180 Å². The second-order valence-corrected chi connectivity index (χ2v) is 7.27. The number of halogens is 1. The van der Waals surface area contributed by atoms with Crippen LogP contribution in [-0.4, -0.2) is 34.7 Å². The highest BCUT2D eigenvalue weighted by Crippen LogP contribution is 2.22. The standard InChI is InChI=1S/C24H25FN2O4/c1-15-22(16(2)27(26-15)20-6-5-7-21(14-20)30-4)12-13-23(28)31-17(3)24(29)18-8-10-19(25)11-9-18/h5-11,14,17H,12-13H2,1-4H3/t17-/m1/s1. The molecule has 3 aromatic rings. The lowest BCUT2D eigenvalue weighted by atomic mass is 10.1. The van der Waals surface area contributed by atoms with Crippen LogP contribution in [0, 0.1) is 19.7 Å². The van der Waals surface area contributed by atoms with Gasteiger partial charge in [-0.1, -0.05) is 6.07 Å². The number of ketones is 1. The van der Waals surface area contributed by atoms with Crippen molar-refractivity contribution >= 4 is 11.8 Å². The summed E-state index contributed by atoms with van der Waals surface area (Å²) in [5, 5.41) is 4.59. The van der Waals surface area contributed by atoms with Crippen molar-refractivity contribution in [2.45, 2.75) is 39.7 Å². The molecule has 0 N–H and O–H groups in total. The van der Waals surface area contributed by atoms with E-state index in [1.807, 2.05) is 42.8 Å². The minimum atomic E-state index is -0.945. The molecule has 0 saturated carbocycles. The summed E-state index contributed by atoms with van der Waals surface area (Å²) < 4.78 is 25.4. The SMILES string of the molecule is COc1cccc(-n2nc(C)c(CCC(=O)O[C@H](C)C(=O)c3ccc(F)cc3)c2C)c1. The fourth-order valence-electron chi connectivity index (χ4n) is 3.42. The largest absolute Gasteiger partial charge is 0.497 e. The maximum Gasteiger partial charge on any atom is 0.306 e. The van der Waals surface area contributed by atoms with E-state index in [0.717, 1.165) is 28.4 Å². The van der Waals surface area contributed by atoms with E-state index in [2.05, 4.69) is 5.10 Å². The lowest BCUT2D eigenvalue weighted by Crippen LogP contribution is -2.24. The third-order valence-electron chi connectivity index (χ3n) is 5.12. The summed E-state index contributed by atoms with van der Waals surface area (Å²) in [5.41, 5.74) is 3.87. The van der Waals surface area contributed by atoms with Gasteiger partial charge in [-0.05, 0) is 69.2 Å². The van der Waals surface area contributed by atoms with Crippen LogP contribution in [0.3, 0.4) is 0 Å². The first-order valence-corrected chi connectivity index (χ1v) is 9.99. The Bertz CT molecular complexity index is 1090. The van der Waals surface area contributed by atoms with Gasteiger partial charge in [0.15, 0.2) is 6.10 Å². The highest BCUT2D eigenvalue weighted by Gasteiger charge is 2.21. The van der Waals surface area contributed by atoms with Gasteiger partial charge in [-0.15, -0.1) is 0 Å². The average molecular weight is 424 g/mol. The topological polar surface area (TPSA) is 70.4 Å². The van der Waals surface area contributed by atoms with Gasteiger partial charge in [-0.3, -0.25) is 9.59 Å². The molecular weight excluding hydrogens is 399 g/mol. The third-order valence-corrected chi connectivity index (χ3v) is 5.12. The Kier molecular flexibility index (Phi) is 6.84. The first-order valence-electron chi connectivity index (χ1n) is 9.99. The summed E-state index contributed by atoms with van der Waals surface area (Å²) in [6.07, 6.45) is -0.385. The van der Waals surface area contributed by atoms with Crippen LogP contribution in [0.2, 0.25) is 0 Å². The first kappa shape index (κ1) is 22.2. The molecule has 31 heavy (non-hydrogen) atoms. The molecule has 0 aliphatic rings. The van der Waals surface area contributed by atoms with E-state index in [-0.39, 0.29) is 12.2 Å². The van der Waals surface area contributed by atoms with Crippen molar-refractivity contribution in [1.29, 1.82) is 0 Å². The van der Waals surface area contributed by atoms with E-state index in [4.69, 9.17) is 9.47 Å². The van der Waals surface area contributed by atoms with Crippen LogP contribution in [0.25, 0.3) is 5.69 Å². The molecule has 1 aromatic heterocycles. The van der Waals surface area contributed by atoms with Gasteiger partial charge in [0.1, 0.15) is 11.6 Å². The second-order valence-electron chi connectivity index (χ2n) is 7.27. The number of aromatic nitrogens is 2. The molecule has 7 heteroatoms. The number of carbonyl (C=O) groups is 2. The van der Waals surface area contributed by atoms with Crippen molar-refractivity contribution in [2.75, 3.05) is 7.11 Å². The normalized spacial score (nSPS) is 11.8. The molecule has 0 unspecified atom stereocenters. The Morgan fingerprint density at radius 1 is 1.13 bits per heavy atom. The highest BCUT2D eigenvalue weighted by atomic mass is 19.1. The molecule has 0 amide bonds. The van der Waals surface area contributed by atoms with Crippen molar-refractivity contribution in [3.63, 3.8) is 0 Å². The van der Waals surface area contributed by atoms with Crippen LogP contribution >= 0.6 is 0 Å². The summed E-state index contributed by atoms with van der Waals surface area (Å²) in [5.74, 6) is -0.543. The zero-order valence-electron chi connectivity index (χ0n) is 18.0. The van der Waals surface area contributed by atoms with Gasteiger partial charge < -0.3 is 9.47 Å². The second kappa shape index (κ2) is 9.55. The lowest BCUT2D eigenvalue weighted by Gasteiger charge is -2.12. The van der Waals surface area contributed by atoms with Crippen LogP contribution in [0.5, 0.6) is 5.75 Å². The number of methoxy groups -OCH3 is 1. The number of rotatable bonds is 8. The minimum absolute atomic E-state index is 0.118. The molecular formula is C24H25FN2O4. The zero-order valence-corrected chi connectivity index (χ0v) is 18.0. The van der Waals surface area contributed by atoms with Gasteiger partial charge in [0.2, 0.25) is 5.78 Å². The van der Waals surface area contributed by atoms with Gasteiger partial charge in [0.05, 0.1) is 18.5 Å². The minimum Gasteiger partial charge on any atom is -0.497 e. The fourth-order valence-corrected chi connectivity index (χ4v) is 3.42. The number of hydrogen-bond donors (Lipinski definition) is 0. The number of hydrogen-bond acceptors (Lipinski definition) is 5. The maximum absolute atomic E-state index is 13.0. The van der Waals surface area contributed by atoms with Crippen molar-refractivity contribution in [3.8, 4) is 11.4 Å². The van der Waals surface area contributed by atoms with Crippen molar-refractivity contribution in [2.24, 2.45) is 0 Å². The van der Waals surface area contributed by atoms with E-state index in [1.54, 1.807) is 7.11 Å². The summed E-state index contributed by atoms with van der Waals surface area (Å²) in [4.78, 5) is 24.7. The number of Topliss-reactive ketones (excluding diaryl/α,β-unsaturated/α-hetero) is 1. The fraction of sp³-hybridized carbons (Fsp3) is 0.292. The molecule has 162 valence electrons. The quantitative estimate of drug-likeness (QED) is 0.396. The molecule has 0 aliphatic heterocycles. The molecule has 0 spiro atoms. The van der Waals surface area contributed by atoms with Crippen LogP contribution in [-0.2, 0) is 16.0 Å². The van der Waals surface area contributed by atoms with E-state index in [9.17, 15) is 14.0 Å². The van der Waals surface area contributed by atoms with Crippen molar-refractivity contribution < 1.29 is 23.5 Å². The molecule has 3 rings (SSSR count). The van der Waals surface area contributed by atoms with Gasteiger partial charge >= 0.3 is 5.97 Å². The smallest absolute Gasteiger partial charge is 0.306 e. The van der Waals surface area contributed by atoms with E-state index in [1.165, 1.54) is 31.2 Å². The number of esters is 1. The molecule has 0 radical (unpaired) electrons. The molecule has 6 nitrogen and oxygen atoms in total. The number of benzene rings is 2. The summed E-state index contributed by atoms with van der Waals surface area (Å²) in [6, 6.07) is 12.7. The van der Waals surface area contributed by atoms with Crippen LogP contribution in [0.4, 0.5) is 4.39 Å². The molecule has 2 aromatic carbocycles. The molecule has 0 aliphatic carbocycles. The first-order chi connectivity index (χ1) is 14.8. The Morgan fingerprint density at radius 3 is 2.52 bits per heavy atom. The Morgan fingerprint density at radius 2 is 1.84 bits per heavy atom. The Balaban J connectivity index is 1.64. The monoisotopic (exact) mass is 424 g/mol. The van der Waals surface area contributed by atoms with E-state index < -0.39 is 17.9 Å². The van der Waals surface area contributed by atoms with Crippen molar-refractivity contribution in [1.82, 2.24) is 9.78 Å². The molecule has 1 heterocycles. The molecule has 0 saturated heterocycles. The summed E-state index contributed by atoms with van der Waals surface area (Å²) >= 11 is 0. The van der Waals surface area contributed by atoms with Gasteiger partial charge in [-0.2, -0.15) is 5.10 Å². The average Bonchev–Trinajstić information content (AvgIpc) is 3.05. The van der Waals surface area contributed by atoms with Gasteiger partial charge in [-0.25, -0.2) is 9.07 Å². The zero-order chi connectivity index (χ0) is 22.5. The third kappa shape index (κ3) is 5.17. The predicted molar refractivity (Wildman–Crippen MR) is 114 cm³/mol. The molecule has 1 atom stereocenters. The van der Waals surface area contributed by atoms with E-state index >= 15 is 0 Å².